The molecule has 3 aliphatic rings. The van der Waals surface area contributed by atoms with Gasteiger partial charge in [-0.15, -0.1) is 0 Å². The van der Waals surface area contributed by atoms with Crippen molar-refractivity contribution in [3.63, 3.8) is 0 Å². The fraction of sp³-hybridized carbons (Fsp3) is 0.667. The lowest BCUT2D eigenvalue weighted by molar-refractivity contribution is -0.359. The molecule has 1 aromatic heterocycles. The van der Waals surface area contributed by atoms with E-state index in [1.54, 1.807) is 6.92 Å². The number of hydrogen-bond acceptors (Lipinski definition) is 6. The van der Waals surface area contributed by atoms with Gasteiger partial charge in [0.25, 0.3) is 0 Å². The summed E-state index contributed by atoms with van der Waals surface area (Å²) in [5, 5.41) is 21.9. The van der Waals surface area contributed by atoms with E-state index in [0.717, 1.165) is 0 Å². The number of nitrogens with zero attached hydrogens (tertiary/aromatic N) is 1. The van der Waals surface area contributed by atoms with E-state index >= 15 is 0 Å². The standard InChI is InChI=1S/C12H13F3N2O5/c1-2-3-5-16-7(9(18)19)8(21-5)11(20)10(12(13,14)15)4-6(17-11)22-10/h6,17,20H,2-4H2,1H3,(H,18,19). The van der Waals surface area contributed by atoms with E-state index in [-0.39, 0.29) is 12.3 Å². The molecule has 22 heavy (non-hydrogen) atoms. The summed E-state index contributed by atoms with van der Waals surface area (Å²) in [6.07, 6.45) is -5.67. The van der Waals surface area contributed by atoms with Crippen molar-refractivity contribution in [3.8, 4) is 0 Å². The predicted octanol–water partition coefficient (Wildman–Crippen LogP) is 1.12. The SMILES string of the molecule is CCCc1nc(C(=O)O)c(C2(O)NC3CC2(C(F)(F)F)O3)o1. The van der Waals surface area contributed by atoms with Gasteiger partial charge in [0.1, 0.15) is 6.23 Å². The van der Waals surface area contributed by atoms with Crippen LogP contribution in [0.1, 0.15) is 41.9 Å². The van der Waals surface area contributed by atoms with E-state index in [1.165, 1.54) is 0 Å². The van der Waals surface area contributed by atoms with Gasteiger partial charge in [-0.3, -0.25) is 5.32 Å². The summed E-state index contributed by atoms with van der Waals surface area (Å²) in [5.74, 6) is -2.41. The lowest BCUT2D eigenvalue weighted by Gasteiger charge is -2.42. The average molecular weight is 322 g/mol. The summed E-state index contributed by atoms with van der Waals surface area (Å²) in [7, 11) is 0. The van der Waals surface area contributed by atoms with Crippen molar-refractivity contribution >= 4 is 5.97 Å². The van der Waals surface area contributed by atoms with Crippen LogP contribution in [0.5, 0.6) is 0 Å². The lowest BCUT2D eigenvalue weighted by Crippen LogP contribution is -2.63. The molecule has 0 spiro atoms. The zero-order valence-electron chi connectivity index (χ0n) is 11.4. The average Bonchev–Trinajstić information content (AvgIpc) is 2.95. The maximum Gasteiger partial charge on any atom is 0.422 e. The Bertz CT molecular complexity index is 623. The van der Waals surface area contributed by atoms with Crippen molar-refractivity contribution in [1.29, 1.82) is 0 Å². The summed E-state index contributed by atoms with van der Waals surface area (Å²) in [4.78, 5) is 14.9. The number of rotatable bonds is 4. The second kappa shape index (κ2) is 4.43. The van der Waals surface area contributed by atoms with Crippen LogP contribution in [0.3, 0.4) is 0 Å². The van der Waals surface area contributed by atoms with Gasteiger partial charge in [0.2, 0.25) is 11.3 Å². The zero-order valence-corrected chi connectivity index (χ0v) is 11.4. The summed E-state index contributed by atoms with van der Waals surface area (Å²) < 4.78 is 49.8. The molecule has 2 bridgehead atoms. The van der Waals surface area contributed by atoms with Gasteiger partial charge in [-0.1, -0.05) is 6.92 Å². The molecule has 3 N–H and O–H groups in total. The Hall–Kier alpha value is -1.65. The van der Waals surface area contributed by atoms with Crippen LogP contribution in [0.25, 0.3) is 0 Å². The number of oxazole rings is 1. The highest BCUT2D eigenvalue weighted by molar-refractivity contribution is 5.87. The Morgan fingerprint density at radius 2 is 2.18 bits per heavy atom. The van der Waals surface area contributed by atoms with Crippen LogP contribution in [-0.2, 0) is 16.9 Å². The fourth-order valence-electron chi connectivity index (χ4n) is 2.87. The molecule has 3 aliphatic heterocycles. The maximum absolute atomic E-state index is 13.3. The second-order valence-corrected chi connectivity index (χ2v) is 5.33. The molecule has 7 nitrogen and oxygen atoms in total. The van der Waals surface area contributed by atoms with Crippen LogP contribution < -0.4 is 5.32 Å². The minimum absolute atomic E-state index is 0.0495. The highest BCUT2D eigenvalue weighted by Gasteiger charge is 2.82. The molecule has 0 radical (unpaired) electrons. The second-order valence-electron chi connectivity index (χ2n) is 5.33. The van der Waals surface area contributed by atoms with Crippen molar-refractivity contribution in [3.05, 3.63) is 17.3 Å². The Morgan fingerprint density at radius 3 is 2.68 bits per heavy atom. The molecule has 1 aromatic rings. The van der Waals surface area contributed by atoms with Gasteiger partial charge in [0.05, 0.1) is 0 Å². The molecule has 0 amide bonds. The molecule has 4 heterocycles. The number of ether oxygens (including phenoxy) is 1. The number of aliphatic hydroxyl groups is 1. The fourth-order valence-corrected chi connectivity index (χ4v) is 2.87. The van der Waals surface area contributed by atoms with Crippen LogP contribution in [0.2, 0.25) is 0 Å². The van der Waals surface area contributed by atoms with Crippen LogP contribution >= 0.6 is 0 Å². The van der Waals surface area contributed by atoms with E-state index in [4.69, 9.17) is 14.3 Å². The number of carboxylic acids is 1. The molecule has 3 atom stereocenters. The number of carboxylic acid groups (broad SMARTS) is 1. The maximum atomic E-state index is 13.3. The molecule has 3 saturated heterocycles. The first-order chi connectivity index (χ1) is 10.1. The molecular weight excluding hydrogens is 309 g/mol. The van der Waals surface area contributed by atoms with E-state index in [0.29, 0.717) is 6.42 Å². The van der Waals surface area contributed by atoms with Gasteiger partial charge in [0.15, 0.2) is 17.3 Å². The quantitative estimate of drug-likeness (QED) is 0.763. The van der Waals surface area contributed by atoms with Gasteiger partial charge in [-0.25, -0.2) is 9.78 Å². The van der Waals surface area contributed by atoms with Crippen molar-refractivity contribution in [2.24, 2.45) is 0 Å². The van der Waals surface area contributed by atoms with Crippen molar-refractivity contribution in [1.82, 2.24) is 10.3 Å². The number of aromatic nitrogens is 1. The van der Waals surface area contributed by atoms with Gasteiger partial charge >= 0.3 is 12.1 Å². The van der Waals surface area contributed by atoms with Gasteiger partial charge in [-0.05, 0) is 6.42 Å². The number of fused-ring (bicyclic) bond motifs is 1. The Balaban J connectivity index is 2.12. The minimum Gasteiger partial charge on any atom is -0.476 e. The third kappa shape index (κ3) is 1.74. The molecule has 3 unspecified atom stereocenters. The van der Waals surface area contributed by atoms with Crippen molar-refractivity contribution in [2.75, 3.05) is 0 Å². The molecular formula is C12H13F3N2O5. The highest BCUT2D eigenvalue weighted by Crippen LogP contribution is 2.60. The van der Waals surface area contributed by atoms with E-state index in [9.17, 15) is 23.1 Å². The first-order valence-corrected chi connectivity index (χ1v) is 6.62. The predicted molar refractivity (Wildman–Crippen MR) is 62.8 cm³/mol. The summed E-state index contributed by atoms with van der Waals surface area (Å²) in [6, 6.07) is 0. The molecule has 122 valence electrons. The largest absolute Gasteiger partial charge is 0.476 e. The van der Waals surface area contributed by atoms with Crippen molar-refractivity contribution < 1.29 is 37.3 Å². The topological polar surface area (TPSA) is 105 Å². The molecule has 0 aliphatic carbocycles. The number of aromatic carboxylic acids is 1. The monoisotopic (exact) mass is 322 g/mol. The Kier molecular flexibility index (Phi) is 3.07. The normalized spacial score (nSPS) is 33.8. The minimum atomic E-state index is -4.91. The number of halogens is 3. The van der Waals surface area contributed by atoms with Gasteiger partial charge in [0, 0.05) is 12.8 Å². The number of nitrogens with one attached hydrogen (secondary N) is 1. The van der Waals surface area contributed by atoms with E-state index in [2.05, 4.69) is 10.3 Å². The Morgan fingerprint density at radius 1 is 1.55 bits per heavy atom. The Labute approximate surface area is 122 Å². The third-order valence-corrected chi connectivity index (χ3v) is 3.90. The van der Waals surface area contributed by atoms with Crippen LogP contribution in [-0.4, -0.2) is 39.2 Å². The lowest BCUT2D eigenvalue weighted by atomic mass is 9.84. The number of hydrogen-bond donors (Lipinski definition) is 3. The first kappa shape index (κ1) is 15.3. The van der Waals surface area contributed by atoms with Gasteiger partial charge in [-0.2, -0.15) is 13.2 Å². The van der Waals surface area contributed by atoms with E-state index in [1.807, 2.05) is 0 Å². The molecule has 0 saturated carbocycles. The number of aryl methyl sites for hydroxylation is 1. The van der Waals surface area contributed by atoms with Gasteiger partial charge < -0.3 is 19.4 Å². The summed E-state index contributed by atoms with van der Waals surface area (Å²) >= 11 is 0. The molecule has 10 heteroatoms. The highest BCUT2D eigenvalue weighted by atomic mass is 19.4. The van der Waals surface area contributed by atoms with E-state index < -0.39 is 47.6 Å². The van der Waals surface area contributed by atoms with Crippen LogP contribution in [0, 0.1) is 0 Å². The summed E-state index contributed by atoms with van der Waals surface area (Å²) in [5.41, 5.74) is -6.50. The van der Waals surface area contributed by atoms with Crippen molar-refractivity contribution in [2.45, 2.75) is 49.9 Å². The molecule has 4 rings (SSSR count). The smallest absolute Gasteiger partial charge is 0.422 e. The van der Waals surface area contributed by atoms with Crippen LogP contribution in [0.15, 0.2) is 4.42 Å². The molecule has 3 fully saturated rings. The number of alkyl halides is 3. The molecule has 0 aromatic carbocycles. The summed E-state index contributed by atoms with van der Waals surface area (Å²) in [6.45, 7) is 1.77. The zero-order chi connectivity index (χ0) is 16.3. The van der Waals surface area contributed by atoms with Crippen LogP contribution in [0.4, 0.5) is 13.2 Å². The number of carbonyl (C=O) groups is 1. The first-order valence-electron chi connectivity index (χ1n) is 6.62. The third-order valence-electron chi connectivity index (χ3n) is 3.90.